The van der Waals surface area contributed by atoms with Crippen LogP contribution in [0.2, 0.25) is 0 Å². The zero-order chi connectivity index (χ0) is 20.8. The molecule has 0 saturated heterocycles. The van der Waals surface area contributed by atoms with E-state index in [0.717, 1.165) is 0 Å². The van der Waals surface area contributed by atoms with Crippen molar-refractivity contribution in [2.45, 2.75) is 17.6 Å². The summed E-state index contributed by atoms with van der Waals surface area (Å²) in [7, 11) is -6.04. The molecule has 152 valence electrons. The van der Waals surface area contributed by atoms with E-state index in [2.05, 4.69) is 10.0 Å². The molecule has 2 aromatic rings. The molecule has 0 spiro atoms. The summed E-state index contributed by atoms with van der Waals surface area (Å²) in [4.78, 5) is 11.2. The average molecular weight is 427 g/mol. The monoisotopic (exact) mass is 426 g/mol. The fourth-order valence-electron chi connectivity index (χ4n) is 2.46. The Kier molecular flexibility index (Phi) is 7.17. The first-order valence-corrected chi connectivity index (χ1v) is 11.6. The minimum Gasteiger partial charge on any atom is -0.495 e. The Bertz CT molecular complexity index is 1040. The second-order valence-electron chi connectivity index (χ2n) is 6.02. The summed E-state index contributed by atoms with van der Waals surface area (Å²) < 4.78 is 56.6. The van der Waals surface area contributed by atoms with Crippen molar-refractivity contribution in [1.29, 1.82) is 0 Å². The summed E-state index contributed by atoms with van der Waals surface area (Å²) in [6, 6.07) is 12.6. The fraction of sp³-hybridized carbons (Fsp3) is 0.278. The van der Waals surface area contributed by atoms with Crippen LogP contribution in [0.15, 0.2) is 53.4 Å². The van der Waals surface area contributed by atoms with E-state index >= 15 is 0 Å². The Balaban J connectivity index is 2.06. The Labute approximate surface area is 164 Å². The summed E-state index contributed by atoms with van der Waals surface area (Å²) >= 11 is 0. The zero-order valence-corrected chi connectivity index (χ0v) is 17.1. The summed E-state index contributed by atoms with van der Waals surface area (Å²) in [5, 5.41) is 2.49. The second kappa shape index (κ2) is 9.18. The van der Waals surface area contributed by atoms with E-state index < -0.39 is 19.9 Å². The van der Waals surface area contributed by atoms with Gasteiger partial charge >= 0.3 is 0 Å². The van der Waals surface area contributed by atoms with Crippen LogP contribution in [0, 0.1) is 0 Å². The molecule has 2 aromatic carbocycles. The summed E-state index contributed by atoms with van der Waals surface area (Å²) in [6.45, 7) is 1.02. The van der Waals surface area contributed by atoms with Crippen LogP contribution in [0.25, 0.3) is 0 Å². The third-order valence-corrected chi connectivity index (χ3v) is 6.78. The lowest BCUT2D eigenvalue weighted by molar-refractivity contribution is -0.114. The Morgan fingerprint density at radius 3 is 2.32 bits per heavy atom. The number of nitrogens with one attached hydrogen (secondary N) is 2. The number of hydrogen-bond donors (Lipinski definition) is 2. The first-order valence-electron chi connectivity index (χ1n) is 8.32. The van der Waals surface area contributed by atoms with Crippen LogP contribution in [-0.4, -0.2) is 42.2 Å². The predicted octanol–water partition coefficient (Wildman–Crippen LogP) is 1.55. The van der Waals surface area contributed by atoms with Gasteiger partial charge in [0.15, 0.2) is 9.84 Å². The molecule has 10 heteroatoms. The van der Waals surface area contributed by atoms with Gasteiger partial charge in [-0.15, -0.1) is 0 Å². The van der Waals surface area contributed by atoms with Gasteiger partial charge in [-0.25, -0.2) is 21.6 Å². The van der Waals surface area contributed by atoms with Crippen molar-refractivity contribution in [3.63, 3.8) is 0 Å². The normalized spacial score (nSPS) is 11.8. The first-order chi connectivity index (χ1) is 13.1. The first kappa shape index (κ1) is 21.9. The molecule has 0 bridgehead atoms. The molecule has 2 rings (SSSR count). The minimum absolute atomic E-state index is 0.113. The van der Waals surface area contributed by atoms with Crippen molar-refractivity contribution in [2.75, 3.05) is 24.7 Å². The van der Waals surface area contributed by atoms with Crippen molar-refractivity contribution < 1.29 is 26.4 Å². The maximum absolute atomic E-state index is 12.5. The number of rotatable bonds is 9. The van der Waals surface area contributed by atoms with Crippen molar-refractivity contribution >= 4 is 31.5 Å². The Morgan fingerprint density at radius 1 is 1.04 bits per heavy atom. The van der Waals surface area contributed by atoms with Crippen LogP contribution < -0.4 is 14.8 Å². The van der Waals surface area contributed by atoms with Gasteiger partial charge in [0.1, 0.15) is 5.75 Å². The number of amides is 1. The number of methoxy groups -OCH3 is 1. The van der Waals surface area contributed by atoms with Crippen molar-refractivity contribution in [3.05, 3.63) is 54.1 Å². The molecule has 28 heavy (non-hydrogen) atoms. The standard InChI is InChI=1S/C18H22N2O6S2/c1-14(21)20-17-12-16(8-9-18(17)26-2)28(24,25)19-10-11-27(22,23)13-15-6-4-3-5-7-15/h3-9,12,19H,10-11,13H2,1-2H3,(H,20,21). The van der Waals surface area contributed by atoms with E-state index in [-0.39, 0.29) is 34.5 Å². The van der Waals surface area contributed by atoms with Crippen molar-refractivity contribution in [1.82, 2.24) is 4.72 Å². The number of carbonyl (C=O) groups is 1. The van der Waals surface area contributed by atoms with Crippen molar-refractivity contribution in [2.24, 2.45) is 0 Å². The van der Waals surface area contributed by atoms with E-state index in [1.807, 2.05) is 0 Å². The average Bonchev–Trinajstić information content (AvgIpc) is 2.61. The molecule has 0 aromatic heterocycles. The number of carbonyl (C=O) groups excluding carboxylic acids is 1. The largest absolute Gasteiger partial charge is 0.495 e. The van der Waals surface area contributed by atoms with Crippen LogP contribution in [0.3, 0.4) is 0 Å². The van der Waals surface area contributed by atoms with E-state index in [9.17, 15) is 21.6 Å². The molecule has 0 aliphatic carbocycles. The number of benzene rings is 2. The van der Waals surface area contributed by atoms with Crippen molar-refractivity contribution in [3.8, 4) is 5.75 Å². The SMILES string of the molecule is COc1ccc(S(=O)(=O)NCCS(=O)(=O)Cc2ccccc2)cc1NC(C)=O. The van der Waals surface area contributed by atoms with Crippen LogP contribution >= 0.6 is 0 Å². The van der Waals surface area contributed by atoms with Gasteiger partial charge in [0.05, 0.1) is 29.2 Å². The Morgan fingerprint density at radius 2 is 1.71 bits per heavy atom. The summed E-state index contributed by atoms with van der Waals surface area (Å²) in [6.07, 6.45) is 0. The second-order valence-corrected chi connectivity index (χ2v) is 9.97. The molecule has 0 radical (unpaired) electrons. The molecule has 0 fully saturated rings. The highest BCUT2D eigenvalue weighted by Crippen LogP contribution is 2.27. The molecule has 0 aliphatic heterocycles. The number of anilines is 1. The maximum atomic E-state index is 12.5. The van der Waals surface area contributed by atoms with Crippen LogP contribution in [-0.2, 0) is 30.4 Å². The number of sulfone groups is 1. The molecule has 8 nitrogen and oxygen atoms in total. The summed E-state index contributed by atoms with van der Waals surface area (Å²) in [5.74, 6) is -0.576. The van der Waals surface area contributed by atoms with Gasteiger partial charge in [-0.05, 0) is 23.8 Å². The molecular weight excluding hydrogens is 404 g/mol. The number of ether oxygens (including phenoxy) is 1. The molecule has 2 N–H and O–H groups in total. The highest BCUT2D eigenvalue weighted by Gasteiger charge is 2.19. The van der Waals surface area contributed by atoms with Gasteiger partial charge in [0.2, 0.25) is 15.9 Å². The smallest absolute Gasteiger partial charge is 0.240 e. The molecule has 0 unspecified atom stereocenters. The minimum atomic E-state index is -3.96. The quantitative estimate of drug-likeness (QED) is 0.628. The van der Waals surface area contributed by atoms with Gasteiger partial charge in [0.25, 0.3) is 0 Å². The third-order valence-electron chi connectivity index (χ3n) is 3.73. The lowest BCUT2D eigenvalue weighted by Gasteiger charge is -2.12. The van der Waals surface area contributed by atoms with E-state index in [1.54, 1.807) is 30.3 Å². The molecule has 0 heterocycles. The van der Waals surface area contributed by atoms with Gasteiger partial charge < -0.3 is 10.1 Å². The van der Waals surface area contributed by atoms with E-state index in [4.69, 9.17) is 4.74 Å². The highest BCUT2D eigenvalue weighted by atomic mass is 32.2. The number of hydrogen-bond acceptors (Lipinski definition) is 6. The fourth-order valence-corrected chi connectivity index (χ4v) is 4.90. The highest BCUT2D eigenvalue weighted by molar-refractivity contribution is 7.91. The van der Waals surface area contributed by atoms with Gasteiger partial charge in [-0.1, -0.05) is 30.3 Å². The van der Waals surface area contributed by atoms with Crippen LogP contribution in [0.4, 0.5) is 5.69 Å². The lowest BCUT2D eigenvalue weighted by Crippen LogP contribution is -2.29. The predicted molar refractivity (Wildman–Crippen MR) is 106 cm³/mol. The topological polar surface area (TPSA) is 119 Å². The maximum Gasteiger partial charge on any atom is 0.240 e. The van der Waals surface area contributed by atoms with Crippen LogP contribution in [0.5, 0.6) is 5.75 Å². The lowest BCUT2D eigenvalue weighted by atomic mass is 10.2. The van der Waals surface area contributed by atoms with E-state index in [0.29, 0.717) is 11.3 Å². The third kappa shape index (κ3) is 6.32. The van der Waals surface area contributed by atoms with Crippen LogP contribution in [0.1, 0.15) is 12.5 Å². The zero-order valence-electron chi connectivity index (χ0n) is 15.5. The number of sulfonamides is 1. The molecule has 1 amide bonds. The summed E-state index contributed by atoms with van der Waals surface area (Å²) in [5.41, 5.74) is 0.843. The molecule has 0 atom stereocenters. The molecule has 0 saturated carbocycles. The van der Waals surface area contributed by atoms with Gasteiger partial charge in [-0.3, -0.25) is 4.79 Å². The molecular formula is C18H22N2O6S2. The van der Waals surface area contributed by atoms with E-state index in [1.165, 1.54) is 32.2 Å². The molecule has 0 aliphatic rings. The van der Waals surface area contributed by atoms with Gasteiger partial charge in [0, 0.05) is 13.5 Å². The van der Waals surface area contributed by atoms with Gasteiger partial charge in [-0.2, -0.15) is 0 Å². The Hall–Kier alpha value is -2.43.